The van der Waals surface area contributed by atoms with Gasteiger partial charge in [0.15, 0.2) is 11.0 Å². The number of halogens is 1. The molecule has 0 spiro atoms. The van der Waals surface area contributed by atoms with Crippen LogP contribution in [0.1, 0.15) is 5.56 Å². The average molecular weight is 489 g/mol. The second-order valence-electron chi connectivity index (χ2n) is 8.22. The third-order valence-corrected chi connectivity index (χ3v) is 6.94. The van der Waals surface area contributed by atoms with Crippen LogP contribution < -0.4 is 4.90 Å². The maximum atomic E-state index is 14.1. The Kier molecular flexibility index (Phi) is 7.04. The number of amides is 1. The number of nitrogens with zero attached hydrogens (tertiary/aromatic N) is 6. The van der Waals surface area contributed by atoms with E-state index in [-0.39, 0.29) is 17.5 Å². The number of thioether (sulfide) groups is 1. The smallest absolute Gasteiger partial charge is 0.233 e. The molecule has 1 aliphatic heterocycles. The largest absolute Gasteiger partial charge is 0.366 e. The molecule has 0 atom stereocenters. The normalized spacial score (nSPS) is 13.7. The Morgan fingerprint density at radius 2 is 1.60 bits per heavy atom. The molecule has 9 heteroatoms. The molecule has 0 aliphatic carbocycles. The van der Waals surface area contributed by atoms with E-state index in [1.165, 1.54) is 17.8 Å². The van der Waals surface area contributed by atoms with E-state index < -0.39 is 0 Å². The van der Waals surface area contributed by atoms with Gasteiger partial charge in [0.05, 0.1) is 18.0 Å². The first-order valence-corrected chi connectivity index (χ1v) is 12.4. The van der Waals surface area contributed by atoms with Gasteiger partial charge in [0.1, 0.15) is 5.82 Å². The number of carbonyl (C=O) groups excluding carboxylic acids is 1. The minimum atomic E-state index is -0.231. The van der Waals surface area contributed by atoms with Crippen molar-refractivity contribution in [2.24, 2.45) is 0 Å². The van der Waals surface area contributed by atoms with Crippen molar-refractivity contribution in [1.29, 1.82) is 0 Å². The van der Waals surface area contributed by atoms with Crippen LogP contribution in [0.4, 0.5) is 10.1 Å². The van der Waals surface area contributed by atoms with Crippen molar-refractivity contribution >= 4 is 23.4 Å². The molecule has 4 aromatic rings. The number of pyridine rings is 1. The Labute approximate surface area is 207 Å². The summed E-state index contributed by atoms with van der Waals surface area (Å²) < 4.78 is 16.2. The van der Waals surface area contributed by atoms with E-state index in [2.05, 4.69) is 27.3 Å². The zero-order valence-corrected chi connectivity index (χ0v) is 19.9. The number of hydrogen-bond acceptors (Lipinski definition) is 6. The van der Waals surface area contributed by atoms with Crippen molar-refractivity contribution < 1.29 is 9.18 Å². The van der Waals surface area contributed by atoms with Crippen molar-refractivity contribution in [3.63, 3.8) is 0 Å². The molecule has 0 bridgehead atoms. The highest BCUT2D eigenvalue weighted by Crippen LogP contribution is 2.26. The zero-order chi connectivity index (χ0) is 24.0. The van der Waals surface area contributed by atoms with Crippen LogP contribution in [0.5, 0.6) is 0 Å². The Morgan fingerprint density at radius 1 is 0.886 bits per heavy atom. The van der Waals surface area contributed by atoms with Crippen LogP contribution in [-0.4, -0.2) is 62.5 Å². The molecule has 0 radical (unpaired) electrons. The molecule has 3 heterocycles. The minimum absolute atomic E-state index is 0.0444. The number of rotatable bonds is 7. The Hall–Kier alpha value is -3.72. The van der Waals surface area contributed by atoms with Crippen molar-refractivity contribution in [1.82, 2.24) is 24.6 Å². The third-order valence-electron chi connectivity index (χ3n) is 5.99. The third kappa shape index (κ3) is 5.35. The van der Waals surface area contributed by atoms with E-state index in [0.29, 0.717) is 43.6 Å². The molecule has 1 fully saturated rings. The van der Waals surface area contributed by atoms with Crippen LogP contribution in [0.3, 0.4) is 0 Å². The highest BCUT2D eigenvalue weighted by molar-refractivity contribution is 7.99. The van der Waals surface area contributed by atoms with E-state index >= 15 is 0 Å². The van der Waals surface area contributed by atoms with E-state index in [1.54, 1.807) is 24.5 Å². The van der Waals surface area contributed by atoms with E-state index in [9.17, 15) is 9.18 Å². The molecule has 7 nitrogen and oxygen atoms in total. The summed E-state index contributed by atoms with van der Waals surface area (Å²) in [5.41, 5.74) is 2.64. The molecule has 5 rings (SSSR count). The molecule has 0 saturated carbocycles. The number of para-hydroxylation sites is 1. The fraction of sp³-hybridized carbons (Fsp3) is 0.231. The van der Waals surface area contributed by atoms with Crippen LogP contribution in [0.15, 0.2) is 84.3 Å². The van der Waals surface area contributed by atoms with E-state index in [1.807, 2.05) is 50.8 Å². The lowest BCUT2D eigenvalue weighted by Crippen LogP contribution is -2.49. The van der Waals surface area contributed by atoms with Gasteiger partial charge in [0, 0.05) is 44.1 Å². The topological polar surface area (TPSA) is 67.2 Å². The lowest BCUT2D eigenvalue weighted by Gasteiger charge is -2.36. The second kappa shape index (κ2) is 10.7. The summed E-state index contributed by atoms with van der Waals surface area (Å²) in [7, 11) is 0. The molecule has 0 N–H and O–H groups in total. The second-order valence-corrected chi connectivity index (χ2v) is 9.16. The fourth-order valence-corrected chi connectivity index (χ4v) is 4.98. The summed E-state index contributed by atoms with van der Waals surface area (Å²) in [6, 6.07) is 20.7. The molecule has 2 aromatic heterocycles. The van der Waals surface area contributed by atoms with Crippen molar-refractivity contribution in [2.75, 3.05) is 36.8 Å². The van der Waals surface area contributed by atoms with E-state index in [4.69, 9.17) is 0 Å². The Morgan fingerprint density at radius 3 is 2.34 bits per heavy atom. The highest BCUT2D eigenvalue weighted by atomic mass is 32.2. The number of benzene rings is 2. The van der Waals surface area contributed by atoms with Gasteiger partial charge in [-0.2, -0.15) is 0 Å². The molecule has 1 saturated heterocycles. The standard InChI is InChI=1S/C26H25FN6OS/c27-22-8-4-5-9-23(22)31-14-16-32(17-15-31)24(34)19-35-26-30-29-25(21-10-12-28-13-11-21)33(26)18-20-6-2-1-3-7-20/h1-13H,14-19H2. The molecular weight excluding hydrogens is 463 g/mol. The monoisotopic (exact) mass is 488 g/mol. The van der Waals surface area contributed by atoms with Gasteiger partial charge < -0.3 is 9.80 Å². The van der Waals surface area contributed by atoms with Crippen molar-refractivity contribution in [2.45, 2.75) is 11.7 Å². The summed E-state index contributed by atoms with van der Waals surface area (Å²) in [5.74, 6) is 0.821. The minimum Gasteiger partial charge on any atom is -0.366 e. The summed E-state index contributed by atoms with van der Waals surface area (Å²) in [6.45, 7) is 2.93. The number of carbonyl (C=O) groups is 1. The first-order chi connectivity index (χ1) is 17.2. The first kappa shape index (κ1) is 23.0. The molecule has 1 amide bonds. The molecule has 1 aliphatic rings. The summed E-state index contributed by atoms with van der Waals surface area (Å²) in [5, 5.41) is 9.52. The van der Waals surface area contributed by atoms with Gasteiger partial charge in [0.2, 0.25) is 5.91 Å². The Bertz CT molecular complexity index is 1280. The van der Waals surface area contributed by atoms with E-state index in [0.717, 1.165) is 17.0 Å². The highest BCUT2D eigenvalue weighted by Gasteiger charge is 2.24. The van der Waals surface area contributed by atoms with Crippen LogP contribution in [-0.2, 0) is 11.3 Å². The molecule has 2 aromatic carbocycles. The molecule has 178 valence electrons. The molecule has 0 unspecified atom stereocenters. The number of hydrogen-bond donors (Lipinski definition) is 0. The first-order valence-electron chi connectivity index (χ1n) is 11.5. The van der Waals surface area contributed by atoms with Crippen molar-refractivity contribution in [3.05, 3.63) is 90.5 Å². The van der Waals surface area contributed by atoms with Gasteiger partial charge in [0.25, 0.3) is 0 Å². The maximum Gasteiger partial charge on any atom is 0.233 e. The maximum absolute atomic E-state index is 14.1. The van der Waals surface area contributed by atoms with Crippen LogP contribution in [0.25, 0.3) is 11.4 Å². The lowest BCUT2D eigenvalue weighted by atomic mass is 10.2. The summed E-state index contributed by atoms with van der Waals surface area (Å²) in [6.07, 6.45) is 3.46. The van der Waals surface area contributed by atoms with Gasteiger partial charge in [-0.05, 0) is 29.8 Å². The molecular formula is C26H25FN6OS. The van der Waals surface area contributed by atoms with Gasteiger partial charge in [-0.15, -0.1) is 10.2 Å². The van der Waals surface area contributed by atoms with Crippen molar-refractivity contribution in [3.8, 4) is 11.4 Å². The quantitative estimate of drug-likeness (QED) is 0.367. The van der Waals surface area contributed by atoms with Gasteiger partial charge in [-0.25, -0.2) is 4.39 Å². The number of aromatic nitrogens is 4. The fourth-order valence-electron chi connectivity index (χ4n) is 4.14. The van der Waals surface area contributed by atoms with Crippen LogP contribution in [0.2, 0.25) is 0 Å². The number of piperazine rings is 1. The Balaban J connectivity index is 1.26. The van der Waals surface area contributed by atoms with Gasteiger partial charge in [-0.3, -0.25) is 14.3 Å². The summed E-state index contributed by atoms with van der Waals surface area (Å²) >= 11 is 1.39. The van der Waals surface area contributed by atoms with Gasteiger partial charge >= 0.3 is 0 Å². The SMILES string of the molecule is O=C(CSc1nnc(-c2ccncc2)n1Cc1ccccc1)N1CCN(c2ccccc2F)CC1. The molecule has 35 heavy (non-hydrogen) atoms. The zero-order valence-electron chi connectivity index (χ0n) is 19.1. The van der Waals surface area contributed by atoms with Gasteiger partial charge in [-0.1, -0.05) is 54.2 Å². The van der Waals surface area contributed by atoms with Crippen LogP contribution in [0, 0.1) is 5.82 Å². The predicted octanol–water partition coefficient (Wildman–Crippen LogP) is 3.97. The average Bonchev–Trinajstić information content (AvgIpc) is 3.31. The number of anilines is 1. The lowest BCUT2D eigenvalue weighted by molar-refractivity contribution is -0.128. The summed E-state index contributed by atoms with van der Waals surface area (Å²) in [4.78, 5) is 20.9. The van der Waals surface area contributed by atoms with Crippen LogP contribution >= 0.6 is 11.8 Å². The predicted molar refractivity (Wildman–Crippen MR) is 135 cm³/mol.